The highest BCUT2D eigenvalue weighted by Gasteiger charge is 2.48. The van der Waals surface area contributed by atoms with Gasteiger partial charge in [0.1, 0.15) is 6.04 Å². The standard InChI is InChI=1S/C31H38N6O3/c32-22-2-5-23(6-3-22)35-13-15-36(16-14-35)25-18-31(19-25)9-11-34(12-10-31)24-4-1-21-20-37(30(40)26(21)17-24)27-7-8-28(38)33-29(27)39/h1-6,17,25,27H,7-16,18-20,32H2,(H,33,38,39). The Morgan fingerprint density at radius 3 is 2.20 bits per heavy atom. The molecule has 3 saturated heterocycles. The number of hydrogen-bond donors (Lipinski definition) is 2. The second kappa shape index (κ2) is 9.80. The minimum atomic E-state index is -0.567. The number of piperidine rings is 2. The zero-order valence-electron chi connectivity index (χ0n) is 23.0. The molecular formula is C31H38N6O3. The predicted octanol–water partition coefficient (Wildman–Crippen LogP) is 2.60. The number of carbonyl (C=O) groups excluding carboxylic acids is 3. The molecule has 3 N–H and O–H groups in total. The average molecular weight is 543 g/mol. The van der Waals surface area contributed by atoms with E-state index >= 15 is 0 Å². The molecule has 1 aliphatic carbocycles. The fourth-order valence-electron chi connectivity index (χ4n) is 7.62. The van der Waals surface area contributed by atoms with Crippen LogP contribution in [0.4, 0.5) is 17.1 Å². The third-order valence-corrected chi connectivity index (χ3v) is 10.1. The molecule has 40 heavy (non-hydrogen) atoms. The number of anilines is 3. The number of nitrogen functional groups attached to an aromatic ring is 1. The van der Waals surface area contributed by atoms with Crippen LogP contribution in [0.2, 0.25) is 0 Å². The molecule has 1 atom stereocenters. The number of nitrogens with one attached hydrogen (secondary N) is 1. The lowest BCUT2D eigenvalue weighted by atomic mass is 9.60. The Hall–Kier alpha value is -3.59. The van der Waals surface area contributed by atoms with E-state index in [1.54, 1.807) is 4.90 Å². The van der Waals surface area contributed by atoms with Gasteiger partial charge in [-0.05, 0) is 79.5 Å². The molecular weight excluding hydrogens is 504 g/mol. The molecule has 4 aliphatic heterocycles. The summed E-state index contributed by atoms with van der Waals surface area (Å²) in [5.41, 5.74) is 11.2. The lowest BCUT2D eigenvalue weighted by Crippen LogP contribution is -2.59. The van der Waals surface area contributed by atoms with Crippen LogP contribution in [0.15, 0.2) is 42.5 Å². The van der Waals surface area contributed by atoms with Crippen LogP contribution >= 0.6 is 0 Å². The first kappa shape index (κ1) is 25.4. The number of amides is 3. The quantitative estimate of drug-likeness (QED) is 0.452. The average Bonchev–Trinajstić information content (AvgIpc) is 3.27. The van der Waals surface area contributed by atoms with Crippen molar-refractivity contribution < 1.29 is 14.4 Å². The van der Waals surface area contributed by atoms with E-state index < -0.39 is 6.04 Å². The van der Waals surface area contributed by atoms with E-state index in [-0.39, 0.29) is 24.1 Å². The zero-order chi connectivity index (χ0) is 27.4. The Morgan fingerprint density at radius 2 is 1.50 bits per heavy atom. The highest BCUT2D eigenvalue weighted by atomic mass is 16.2. The molecule has 5 aliphatic rings. The number of nitrogens with zero attached hydrogens (tertiary/aromatic N) is 4. The maximum absolute atomic E-state index is 13.2. The van der Waals surface area contributed by atoms with Gasteiger partial charge in [-0.1, -0.05) is 6.07 Å². The molecule has 0 bridgehead atoms. The summed E-state index contributed by atoms with van der Waals surface area (Å²) in [6, 6.07) is 14.6. The summed E-state index contributed by atoms with van der Waals surface area (Å²) in [4.78, 5) is 46.4. The van der Waals surface area contributed by atoms with Gasteiger partial charge in [-0.15, -0.1) is 0 Å². The van der Waals surface area contributed by atoms with Crippen LogP contribution in [-0.2, 0) is 16.1 Å². The molecule has 7 rings (SSSR count). The van der Waals surface area contributed by atoms with E-state index in [4.69, 9.17) is 5.73 Å². The van der Waals surface area contributed by atoms with Crippen molar-refractivity contribution in [2.75, 3.05) is 54.8 Å². The summed E-state index contributed by atoms with van der Waals surface area (Å²) in [6.07, 6.45) is 5.66. The van der Waals surface area contributed by atoms with Gasteiger partial charge in [0.05, 0.1) is 0 Å². The minimum Gasteiger partial charge on any atom is -0.399 e. The topological polar surface area (TPSA) is 102 Å². The number of rotatable bonds is 4. The summed E-state index contributed by atoms with van der Waals surface area (Å²) in [5, 5.41) is 2.38. The number of benzene rings is 2. The molecule has 4 heterocycles. The predicted molar refractivity (Wildman–Crippen MR) is 154 cm³/mol. The number of fused-ring (bicyclic) bond motifs is 1. The molecule has 1 saturated carbocycles. The van der Waals surface area contributed by atoms with Gasteiger partial charge >= 0.3 is 0 Å². The van der Waals surface area contributed by atoms with E-state index in [0.717, 1.165) is 56.2 Å². The van der Waals surface area contributed by atoms with Gasteiger partial charge in [0, 0.05) is 80.9 Å². The van der Waals surface area contributed by atoms with Gasteiger partial charge in [0.2, 0.25) is 11.8 Å². The highest BCUT2D eigenvalue weighted by molar-refractivity contribution is 6.05. The molecule has 4 fully saturated rings. The van der Waals surface area contributed by atoms with Crippen LogP contribution in [0.25, 0.3) is 0 Å². The molecule has 2 aromatic carbocycles. The lowest BCUT2D eigenvalue weighted by Gasteiger charge is -2.56. The lowest BCUT2D eigenvalue weighted by molar-refractivity contribution is -0.136. The van der Waals surface area contributed by atoms with Crippen molar-refractivity contribution in [2.24, 2.45) is 5.41 Å². The smallest absolute Gasteiger partial charge is 0.255 e. The van der Waals surface area contributed by atoms with Crippen molar-refractivity contribution in [1.29, 1.82) is 0 Å². The monoisotopic (exact) mass is 542 g/mol. The molecule has 1 unspecified atom stereocenters. The first-order chi connectivity index (χ1) is 19.4. The zero-order valence-corrected chi connectivity index (χ0v) is 23.0. The summed E-state index contributed by atoms with van der Waals surface area (Å²) < 4.78 is 0. The number of carbonyl (C=O) groups is 3. The van der Waals surface area contributed by atoms with Crippen molar-refractivity contribution in [3.05, 3.63) is 53.6 Å². The third kappa shape index (κ3) is 4.50. The summed E-state index contributed by atoms with van der Waals surface area (Å²) in [5.74, 6) is -0.718. The van der Waals surface area contributed by atoms with Crippen molar-refractivity contribution in [3.63, 3.8) is 0 Å². The van der Waals surface area contributed by atoms with E-state index in [9.17, 15) is 14.4 Å². The largest absolute Gasteiger partial charge is 0.399 e. The normalized spacial score (nSPS) is 25.2. The number of hydrogen-bond acceptors (Lipinski definition) is 7. The van der Waals surface area contributed by atoms with Crippen molar-refractivity contribution in [1.82, 2.24) is 15.1 Å². The first-order valence-electron chi connectivity index (χ1n) is 14.7. The Balaban J connectivity index is 0.916. The minimum absolute atomic E-state index is 0.0989. The van der Waals surface area contributed by atoms with Crippen LogP contribution < -0.4 is 20.9 Å². The molecule has 2 aromatic rings. The number of piperazine rings is 1. The first-order valence-corrected chi connectivity index (χ1v) is 14.7. The van der Waals surface area contributed by atoms with E-state index in [1.807, 2.05) is 24.3 Å². The van der Waals surface area contributed by atoms with Crippen molar-refractivity contribution >= 4 is 34.8 Å². The Bertz CT molecular complexity index is 1320. The van der Waals surface area contributed by atoms with Crippen molar-refractivity contribution in [2.45, 2.75) is 57.2 Å². The van der Waals surface area contributed by atoms with E-state index in [1.165, 1.54) is 31.4 Å². The van der Waals surface area contributed by atoms with Gasteiger partial charge in [0.25, 0.3) is 5.91 Å². The Morgan fingerprint density at radius 1 is 0.825 bits per heavy atom. The van der Waals surface area contributed by atoms with Crippen LogP contribution in [0.1, 0.15) is 54.4 Å². The van der Waals surface area contributed by atoms with Crippen LogP contribution in [0.5, 0.6) is 0 Å². The second-order valence-corrected chi connectivity index (χ2v) is 12.4. The van der Waals surface area contributed by atoms with Gasteiger partial charge in [0.15, 0.2) is 0 Å². The number of imide groups is 1. The molecule has 9 nitrogen and oxygen atoms in total. The Labute approximate surface area is 235 Å². The molecule has 3 amide bonds. The molecule has 9 heteroatoms. The molecule has 210 valence electrons. The summed E-state index contributed by atoms with van der Waals surface area (Å²) >= 11 is 0. The summed E-state index contributed by atoms with van der Waals surface area (Å²) in [7, 11) is 0. The van der Waals surface area contributed by atoms with E-state index in [0.29, 0.717) is 30.0 Å². The van der Waals surface area contributed by atoms with Gasteiger partial charge in [-0.3, -0.25) is 24.6 Å². The van der Waals surface area contributed by atoms with Crippen LogP contribution in [-0.4, -0.2) is 78.9 Å². The maximum Gasteiger partial charge on any atom is 0.255 e. The highest BCUT2D eigenvalue weighted by Crippen LogP contribution is 2.51. The second-order valence-electron chi connectivity index (χ2n) is 12.4. The summed E-state index contributed by atoms with van der Waals surface area (Å²) in [6.45, 7) is 6.84. The SMILES string of the molecule is Nc1ccc(N2CCN(C3CC4(CCN(c5ccc6c(c5)C(=O)N(C5CCC(=O)NC5=O)C6)CC4)C3)CC2)cc1. The van der Waals surface area contributed by atoms with Gasteiger partial charge < -0.3 is 20.4 Å². The molecule has 0 radical (unpaired) electrons. The van der Waals surface area contributed by atoms with Gasteiger partial charge in [-0.25, -0.2) is 0 Å². The fourth-order valence-corrected chi connectivity index (χ4v) is 7.62. The van der Waals surface area contributed by atoms with E-state index in [2.05, 4.69) is 38.2 Å². The maximum atomic E-state index is 13.2. The third-order valence-electron chi connectivity index (χ3n) is 10.1. The van der Waals surface area contributed by atoms with Gasteiger partial charge in [-0.2, -0.15) is 0 Å². The number of nitrogens with two attached hydrogens (primary N) is 1. The van der Waals surface area contributed by atoms with Crippen molar-refractivity contribution in [3.8, 4) is 0 Å². The van der Waals surface area contributed by atoms with Crippen LogP contribution in [0, 0.1) is 5.41 Å². The Kier molecular flexibility index (Phi) is 6.22. The molecule has 1 spiro atoms. The molecule has 0 aromatic heterocycles. The fraction of sp³-hybridized carbons (Fsp3) is 0.516. The van der Waals surface area contributed by atoms with Crippen LogP contribution in [0.3, 0.4) is 0 Å².